The smallest absolute Gasteiger partial charge is 0.405 e. The lowest BCUT2D eigenvalue weighted by atomic mass is 9.93. The molecule has 5 aromatic rings. The van der Waals surface area contributed by atoms with Crippen LogP contribution in [0.25, 0.3) is 17.2 Å². The molecule has 1 unspecified atom stereocenters. The monoisotopic (exact) mass is 624 g/mol. The highest BCUT2D eigenvalue weighted by molar-refractivity contribution is 5.95. The Hall–Kier alpha value is -5.73. The third-order valence-corrected chi connectivity index (χ3v) is 8.28. The van der Waals surface area contributed by atoms with Crippen LogP contribution in [0.5, 0.6) is 5.88 Å². The fourth-order valence-electron chi connectivity index (χ4n) is 5.83. The standard InChI is InChI=1S/C31H29FN10O4/c1-31(2,38-30(44)45)19-12-24(18-4-6-20(32)7-5-18)37-26(13-19)46-27-21-14-40(15-22(21)27)28(43)23-16-41(29-33-8-3-9-34-29)39-25(23)17-42-35-10-11-36-42/h3-13,16,21-22,27,38H,14-15,17H2,1-2H3,(H,44,45)/t21-,22+,27?. The third kappa shape index (κ3) is 5.74. The Labute approximate surface area is 261 Å². The Kier molecular flexibility index (Phi) is 7.14. The van der Waals surface area contributed by atoms with Crippen molar-refractivity contribution in [3.8, 4) is 23.1 Å². The number of hydrogen-bond donors (Lipinski definition) is 2. The van der Waals surface area contributed by atoms with Crippen molar-refractivity contribution in [3.05, 3.63) is 96.1 Å². The zero-order valence-corrected chi connectivity index (χ0v) is 24.9. The van der Waals surface area contributed by atoms with Gasteiger partial charge in [0.2, 0.25) is 11.8 Å². The van der Waals surface area contributed by atoms with Crippen LogP contribution < -0.4 is 10.1 Å². The van der Waals surface area contributed by atoms with Gasteiger partial charge in [0, 0.05) is 55.1 Å². The molecule has 5 heterocycles. The number of nitrogens with zero attached hydrogens (tertiary/aromatic N) is 9. The van der Waals surface area contributed by atoms with Crippen LogP contribution in [0.15, 0.2) is 73.4 Å². The van der Waals surface area contributed by atoms with Crippen molar-refractivity contribution in [2.24, 2.45) is 11.8 Å². The number of pyridine rings is 1. The second kappa shape index (κ2) is 11.3. The van der Waals surface area contributed by atoms with E-state index >= 15 is 0 Å². The number of carbonyl (C=O) groups excluding carboxylic acids is 1. The molecule has 0 spiro atoms. The molecule has 2 fully saturated rings. The summed E-state index contributed by atoms with van der Waals surface area (Å²) >= 11 is 0. The highest BCUT2D eigenvalue weighted by Gasteiger charge is 2.59. The van der Waals surface area contributed by atoms with Crippen LogP contribution in [0.2, 0.25) is 0 Å². The molecule has 1 saturated heterocycles. The second-order valence-electron chi connectivity index (χ2n) is 11.8. The van der Waals surface area contributed by atoms with E-state index in [9.17, 15) is 19.1 Å². The van der Waals surface area contributed by atoms with Gasteiger partial charge in [0.15, 0.2) is 0 Å². The fourth-order valence-corrected chi connectivity index (χ4v) is 5.83. The van der Waals surface area contributed by atoms with Crippen LogP contribution in [-0.2, 0) is 12.1 Å². The number of likely N-dealkylation sites (tertiary alicyclic amines) is 1. The molecule has 234 valence electrons. The SMILES string of the molecule is CC(C)(NC(=O)O)c1cc(OC2[C@H]3CN(C(=O)c4cn(-c5ncccn5)nc4Cn4nccn4)C[C@@H]23)nc(-c2ccc(F)cc2)c1. The summed E-state index contributed by atoms with van der Waals surface area (Å²) in [6, 6.07) is 11.1. The number of benzene rings is 1. The number of halogens is 1. The molecule has 14 nitrogen and oxygen atoms in total. The van der Waals surface area contributed by atoms with Gasteiger partial charge in [-0.2, -0.15) is 20.1 Å². The van der Waals surface area contributed by atoms with Gasteiger partial charge in [-0.05, 0) is 55.8 Å². The zero-order chi connectivity index (χ0) is 32.0. The largest absolute Gasteiger partial charge is 0.474 e. The first-order valence-electron chi connectivity index (χ1n) is 14.6. The lowest BCUT2D eigenvalue weighted by molar-refractivity contribution is 0.0750. The number of hydrogen-bond acceptors (Lipinski definition) is 9. The summed E-state index contributed by atoms with van der Waals surface area (Å²) in [5.41, 5.74) is 1.77. The lowest BCUT2D eigenvalue weighted by Gasteiger charge is -2.26. The number of nitrogens with one attached hydrogen (secondary N) is 1. The fraction of sp³-hybridized carbons (Fsp3) is 0.290. The van der Waals surface area contributed by atoms with Crippen molar-refractivity contribution in [3.63, 3.8) is 0 Å². The maximum atomic E-state index is 13.8. The molecular formula is C31H29FN10O4. The van der Waals surface area contributed by atoms with E-state index in [0.717, 1.165) is 0 Å². The molecule has 46 heavy (non-hydrogen) atoms. The van der Waals surface area contributed by atoms with E-state index in [4.69, 9.17) is 4.74 Å². The number of rotatable bonds is 9. The summed E-state index contributed by atoms with van der Waals surface area (Å²) < 4.78 is 21.5. The van der Waals surface area contributed by atoms with Crippen molar-refractivity contribution >= 4 is 12.0 Å². The number of amides is 2. The van der Waals surface area contributed by atoms with E-state index in [0.29, 0.717) is 53.0 Å². The summed E-state index contributed by atoms with van der Waals surface area (Å²) in [5.74, 6) is 0.309. The number of ether oxygens (including phenoxy) is 1. The van der Waals surface area contributed by atoms with E-state index in [-0.39, 0.29) is 36.2 Å². The summed E-state index contributed by atoms with van der Waals surface area (Å²) in [7, 11) is 0. The first-order valence-corrected chi connectivity index (χ1v) is 14.6. The number of fused-ring (bicyclic) bond motifs is 1. The van der Waals surface area contributed by atoms with E-state index in [1.165, 1.54) is 21.6 Å². The molecule has 0 bridgehead atoms. The van der Waals surface area contributed by atoms with Crippen LogP contribution in [0.1, 0.15) is 35.5 Å². The maximum absolute atomic E-state index is 13.8. The van der Waals surface area contributed by atoms with Crippen LogP contribution in [0.3, 0.4) is 0 Å². The van der Waals surface area contributed by atoms with Crippen LogP contribution in [0, 0.1) is 17.7 Å². The maximum Gasteiger partial charge on any atom is 0.405 e. The van der Waals surface area contributed by atoms with Crippen LogP contribution >= 0.6 is 0 Å². The highest BCUT2D eigenvalue weighted by Crippen LogP contribution is 2.48. The molecule has 2 aliphatic rings. The van der Waals surface area contributed by atoms with Gasteiger partial charge < -0.3 is 20.1 Å². The van der Waals surface area contributed by atoms with Gasteiger partial charge >= 0.3 is 6.09 Å². The van der Waals surface area contributed by atoms with Gasteiger partial charge in [0.1, 0.15) is 18.5 Å². The molecule has 1 aliphatic heterocycles. The Morgan fingerprint density at radius 2 is 1.74 bits per heavy atom. The summed E-state index contributed by atoms with van der Waals surface area (Å²) in [4.78, 5) is 41.7. The summed E-state index contributed by atoms with van der Waals surface area (Å²) in [6.07, 6.45) is 6.62. The summed E-state index contributed by atoms with van der Waals surface area (Å²) in [5, 5.41) is 24.8. The van der Waals surface area contributed by atoms with Gasteiger partial charge in [-0.25, -0.2) is 28.8 Å². The molecule has 7 rings (SSSR count). The Bertz CT molecular complexity index is 1880. The zero-order valence-electron chi connectivity index (χ0n) is 24.9. The molecule has 4 aromatic heterocycles. The molecule has 0 radical (unpaired) electrons. The molecule has 2 amide bonds. The normalized spacial score (nSPS) is 18.7. The number of carbonyl (C=O) groups is 2. The third-order valence-electron chi connectivity index (χ3n) is 8.28. The predicted octanol–water partition coefficient (Wildman–Crippen LogP) is 3.16. The number of carboxylic acid groups (broad SMARTS) is 1. The first-order chi connectivity index (χ1) is 22.1. The first kappa shape index (κ1) is 29.0. The molecule has 3 atom stereocenters. The highest BCUT2D eigenvalue weighted by atomic mass is 19.1. The average Bonchev–Trinajstić information content (AvgIpc) is 3.54. The Morgan fingerprint density at radius 1 is 1.04 bits per heavy atom. The van der Waals surface area contributed by atoms with E-state index < -0.39 is 11.6 Å². The minimum absolute atomic E-state index is 0.0950. The van der Waals surface area contributed by atoms with Crippen LogP contribution in [0.4, 0.5) is 9.18 Å². The van der Waals surface area contributed by atoms with Gasteiger partial charge in [-0.1, -0.05) is 0 Å². The molecule has 1 aromatic carbocycles. The van der Waals surface area contributed by atoms with Crippen molar-refractivity contribution in [1.29, 1.82) is 0 Å². The van der Waals surface area contributed by atoms with Crippen molar-refractivity contribution in [2.75, 3.05) is 13.1 Å². The minimum Gasteiger partial charge on any atom is -0.474 e. The summed E-state index contributed by atoms with van der Waals surface area (Å²) in [6.45, 7) is 4.65. The molecule has 1 saturated carbocycles. The van der Waals surface area contributed by atoms with Gasteiger partial charge in [0.05, 0.1) is 34.9 Å². The Morgan fingerprint density at radius 3 is 2.41 bits per heavy atom. The molecular weight excluding hydrogens is 595 g/mol. The van der Waals surface area contributed by atoms with Gasteiger partial charge in [0.25, 0.3) is 5.91 Å². The van der Waals surface area contributed by atoms with E-state index in [1.807, 2.05) is 0 Å². The number of piperidine rings is 1. The average molecular weight is 625 g/mol. The van der Waals surface area contributed by atoms with Crippen molar-refractivity contribution in [1.82, 2.24) is 49.9 Å². The topological polar surface area (TPSA) is 166 Å². The van der Waals surface area contributed by atoms with Crippen molar-refractivity contribution in [2.45, 2.75) is 32.0 Å². The quantitative estimate of drug-likeness (QED) is 0.249. The van der Waals surface area contributed by atoms with Crippen LogP contribution in [-0.4, -0.2) is 80.9 Å². The lowest BCUT2D eigenvalue weighted by Crippen LogP contribution is -2.40. The predicted molar refractivity (Wildman–Crippen MR) is 159 cm³/mol. The van der Waals surface area contributed by atoms with Gasteiger partial charge in [-0.15, -0.1) is 0 Å². The molecule has 1 aliphatic carbocycles. The minimum atomic E-state index is -1.17. The van der Waals surface area contributed by atoms with E-state index in [2.05, 4.69) is 35.6 Å². The molecule has 2 N–H and O–H groups in total. The molecule has 15 heteroatoms. The van der Waals surface area contributed by atoms with E-state index in [1.54, 1.807) is 80.1 Å². The van der Waals surface area contributed by atoms with Gasteiger partial charge in [-0.3, -0.25) is 4.79 Å². The Balaban J connectivity index is 1.09. The second-order valence-corrected chi connectivity index (χ2v) is 11.8. The number of aromatic nitrogens is 8. The van der Waals surface area contributed by atoms with Crippen molar-refractivity contribution < 1.29 is 23.8 Å².